The van der Waals surface area contributed by atoms with Crippen molar-refractivity contribution < 1.29 is 13.9 Å². The van der Waals surface area contributed by atoms with Crippen LogP contribution in [-0.2, 0) is 20.6 Å². The summed E-state index contributed by atoms with van der Waals surface area (Å²) >= 11 is 0. The highest BCUT2D eigenvalue weighted by molar-refractivity contribution is 5.75. The molecule has 4 aromatic rings. The van der Waals surface area contributed by atoms with E-state index in [-0.39, 0.29) is 29.7 Å². The Kier molecular flexibility index (Phi) is 7.18. The number of aliphatic imine (C=N–C) groups is 1. The lowest BCUT2D eigenvalue weighted by Crippen LogP contribution is -2.21. The fourth-order valence-electron chi connectivity index (χ4n) is 3.70. The van der Waals surface area contributed by atoms with Crippen molar-refractivity contribution in [2.24, 2.45) is 19.1 Å². The summed E-state index contributed by atoms with van der Waals surface area (Å²) < 4.78 is 29.5. The van der Waals surface area contributed by atoms with E-state index >= 15 is 4.39 Å². The molecule has 11 heteroatoms. The Bertz CT molecular complexity index is 1380. The van der Waals surface area contributed by atoms with Gasteiger partial charge in [0.05, 0.1) is 38.3 Å². The summed E-state index contributed by atoms with van der Waals surface area (Å²) in [5.41, 5.74) is 8.90. The van der Waals surface area contributed by atoms with Gasteiger partial charge in [-0.1, -0.05) is 6.92 Å². The molecule has 0 aliphatic carbocycles. The molecule has 0 saturated carbocycles. The molecule has 0 spiro atoms. The molecule has 188 valence electrons. The number of aryl methyl sites for hydroxylation is 2. The topological polar surface area (TPSA) is 109 Å². The summed E-state index contributed by atoms with van der Waals surface area (Å²) in [6.07, 6.45) is 7.21. The SMILES string of the molecule is COc1cc(OC)c(F)c(N(Cc2ccnn2C)c2ccc(N=C[C@H](C)c3cnn(C)c3)c(N)n2)c1. The van der Waals surface area contributed by atoms with E-state index in [2.05, 4.69) is 20.2 Å². The van der Waals surface area contributed by atoms with Crippen LogP contribution >= 0.6 is 0 Å². The van der Waals surface area contributed by atoms with Crippen molar-refractivity contribution in [2.45, 2.75) is 19.4 Å². The Morgan fingerprint density at radius 2 is 1.97 bits per heavy atom. The van der Waals surface area contributed by atoms with Crippen LogP contribution in [0.4, 0.5) is 27.4 Å². The van der Waals surface area contributed by atoms with Crippen LogP contribution in [0.25, 0.3) is 0 Å². The third-order valence-electron chi connectivity index (χ3n) is 5.83. The molecular weight excluding hydrogens is 463 g/mol. The van der Waals surface area contributed by atoms with E-state index in [9.17, 15) is 0 Å². The van der Waals surface area contributed by atoms with Gasteiger partial charge in [-0.3, -0.25) is 14.4 Å². The van der Waals surface area contributed by atoms with Crippen LogP contribution in [0.15, 0.2) is 53.9 Å². The molecule has 36 heavy (non-hydrogen) atoms. The van der Waals surface area contributed by atoms with Crippen LogP contribution < -0.4 is 20.1 Å². The van der Waals surface area contributed by atoms with Crippen LogP contribution in [0.3, 0.4) is 0 Å². The molecule has 0 amide bonds. The van der Waals surface area contributed by atoms with Gasteiger partial charge >= 0.3 is 0 Å². The fourth-order valence-corrected chi connectivity index (χ4v) is 3.70. The minimum Gasteiger partial charge on any atom is -0.497 e. The fraction of sp³-hybridized carbons (Fsp3) is 0.280. The van der Waals surface area contributed by atoms with Crippen molar-refractivity contribution in [3.63, 3.8) is 0 Å². The van der Waals surface area contributed by atoms with Crippen molar-refractivity contribution in [1.82, 2.24) is 24.5 Å². The summed E-state index contributed by atoms with van der Waals surface area (Å²) in [5, 5.41) is 8.42. The minimum absolute atomic E-state index is 0.0393. The second-order valence-electron chi connectivity index (χ2n) is 8.28. The third kappa shape index (κ3) is 5.14. The number of methoxy groups -OCH3 is 2. The number of rotatable bonds is 9. The standard InChI is InChI=1S/C25H29FN8O2/c1-16(17-13-30-32(2)14-17)12-28-20-6-7-23(31-25(20)27)34(15-18-8-9-29-33(18)3)21-10-19(35-4)11-22(36-5)24(21)26/h6-14,16H,15H2,1-5H3,(H2,27,31)/t16-/m0/s1. The number of anilines is 3. The van der Waals surface area contributed by atoms with Gasteiger partial charge in [-0.25, -0.2) is 9.37 Å². The quantitative estimate of drug-likeness (QED) is 0.350. The Morgan fingerprint density at radius 1 is 1.17 bits per heavy atom. The molecule has 3 aromatic heterocycles. The molecule has 2 N–H and O–H groups in total. The second kappa shape index (κ2) is 10.5. The number of pyridine rings is 1. The van der Waals surface area contributed by atoms with Crippen molar-refractivity contribution in [2.75, 3.05) is 24.9 Å². The van der Waals surface area contributed by atoms with E-state index in [0.717, 1.165) is 11.3 Å². The van der Waals surface area contributed by atoms with Crippen molar-refractivity contribution in [1.29, 1.82) is 0 Å². The van der Waals surface area contributed by atoms with E-state index in [1.165, 1.54) is 20.3 Å². The van der Waals surface area contributed by atoms with Crippen LogP contribution in [0.5, 0.6) is 11.5 Å². The summed E-state index contributed by atoms with van der Waals surface area (Å²) in [6, 6.07) is 8.44. The first-order valence-electron chi connectivity index (χ1n) is 11.3. The molecule has 10 nitrogen and oxygen atoms in total. The summed E-state index contributed by atoms with van der Waals surface area (Å²) in [7, 11) is 6.60. The van der Waals surface area contributed by atoms with Gasteiger partial charge < -0.3 is 20.1 Å². The first-order chi connectivity index (χ1) is 17.3. The first-order valence-corrected chi connectivity index (χ1v) is 11.3. The molecule has 0 fully saturated rings. The predicted octanol–water partition coefficient (Wildman–Crippen LogP) is 4.13. The van der Waals surface area contributed by atoms with Gasteiger partial charge in [0, 0.05) is 50.8 Å². The van der Waals surface area contributed by atoms with Gasteiger partial charge in [0.2, 0.25) is 0 Å². The van der Waals surface area contributed by atoms with E-state index in [0.29, 0.717) is 17.3 Å². The van der Waals surface area contributed by atoms with Crippen molar-refractivity contribution >= 4 is 29.2 Å². The molecule has 4 rings (SSSR count). The maximum Gasteiger partial charge on any atom is 0.188 e. The average molecular weight is 493 g/mol. The van der Waals surface area contributed by atoms with Crippen LogP contribution in [-0.4, -0.2) is 45.0 Å². The molecule has 0 aliphatic heterocycles. The van der Waals surface area contributed by atoms with Crippen molar-refractivity contribution in [3.8, 4) is 11.5 Å². The predicted molar refractivity (Wildman–Crippen MR) is 137 cm³/mol. The minimum atomic E-state index is -0.548. The molecular formula is C25H29FN8O2. The average Bonchev–Trinajstić information content (AvgIpc) is 3.49. The highest BCUT2D eigenvalue weighted by Crippen LogP contribution is 2.38. The van der Waals surface area contributed by atoms with Gasteiger partial charge in [-0.05, 0) is 23.8 Å². The Morgan fingerprint density at radius 3 is 2.58 bits per heavy atom. The van der Waals surface area contributed by atoms with Gasteiger partial charge in [0.25, 0.3) is 0 Å². The number of aromatic nitrogens is 5. The summed E-state index contributed by atoms with van der Waals surface area (Å²) in [6.45, 7) is 2.30. The smallest absolute Gasteiger partial charge is 0.188 e. The Labute approximate surface area is 208 Å². The molecule has 1 atom stereocenters. The molecule has 3 heterocycles. The van der Waals surface area contributed by atoms with Crippen LogP contribution in [0, 0.1) is 5.82 Å². The number of benzene rings is 1. The van der Waals surface area contributed by atoms with Gasteiger partial charge in [0.1, 0.15) is 17.3 Å². The number of ether oxygens (including phenoxy) is 2. The van der Waals surface area contributed by atoms with E-state index < -0.39 is 5.82 Å². The third-order valence-corrected chi connectivity index (χ3v) is 5.83. The number of halogens is 1. The monoisotopic (exact) mass is 492 g/mol. The lowest BCUT2D eigenvalue weighted by molar-refractivity contribution is 0.374. The lowest BCUT2D eigenvalue weighted by Gasteiger charge is -2.26. The van der Waals surface area contributed by atoms with E-state index in [1.807, 2.05) is 33.3 Å². The zero-order chi connectivity index (χ0) is 25.8. The van der Waals surface area contributed by atoms with Gasteiger partial charge in [0.15, 0.2) is 17.4 Å². The highest BCUT2D eigenvalue weighted by Gasteiger charge is 2.22. The Hall–Kier alpha value is -4.41. The normalized spacial score (nSPS) is 12.2. The van der Waals surface area contributed by atoms with E-state index in [4.69, 9.17) is 15.2 Å². The van der Waals surface area contributed by atoms with Crippen LogP contribution in [0.2, 0.25) is 0 Å². The molecule has 1 aromatic carbocycles. The second-order valence-corrected chi connectivity index (χ2v) is 8.28. The van der Waals surface area contributed by atoms with Crippen molar-refractivity contribution in [3.05, 3.63) is 66.0 Å². The van der Waals surface area contributed by atoms with Crippen LogP contribution in [0.1, 0.15) is 24.1 Å². The number of nitrogens with two attached hydrogens (primary N) is 1. The zero-order valence-corrected chi connectivity index (χ0v) is 20.9. The largest absolute Gasteiger partial charge is 0.497 e. The number of hydrogen-bond acceptors (Lipinski definition) is 8. The molecule has 0 unspecified atom stereocenters. The maximum absolute atomic E-state index is 15.5. The maximum atomic E-state index is 15.5. The molecule has 0 bridgehead atoms. The number of nitrogen functional groups attached to an aromatic ring is 1. The van der Waals surface area contributed by atoms with Gasteiger partial charge in [-0.15, -0.1) is 0 Å². The molecule has 0 aliphatic rings. The summed E-state index contributed by atoms with van der Waals surface area (Å²) in [4.78, 5) is 10.8. The number of nitrogens with zero attached hydrogens (tertiary/aromatic N) is 7. The van der Waals surface area contributed by atoms with Gasteiger partial charge in [-0.2, -0.15) is 10.2 Å². The number of hydrogen-bond donors (Lipinski definition) is 1. The summed E-state index contributed by atoms with van der Waals surface area (Å²) in [5.74, 6) is 0.634. The zero-order valence-electron chi connectivity index (χ0n) is 20.9. The molecule has 0 radical (unpaired) electrons. The lowest BCUT2D eigenvalue weighted by atomic mass is 10.1. The highest BCUT2D eigenvalue weighted by atomic mass is 19.1. The van der Waals surface area contributed by atoms with E-state index in [1.54, 1.807) is 51.1 Å². The Balaban J connectivity index is 1.72. The molecule has 0 saturated heterocycles. The first kappa shape index (κ1) is 24.7.